The van der Waals surface area contributed by atoms with Crippen LogP contribution in [-0.4, -0.2) is 23.0 Å². The molecule has 6 nitrogen and oxygen atoms in total. The van der Waals surface area contributed by atoms with Gasteiger partial charge in [-0.05, 0) is 0 Å². The molecular weight excluding hydrogens is 176 g/mol. The number of aromatic amines is 2. The minimum absolute atomic E-state index is 0.115. The summed E-state index contributed by atoms with van der Waals surface area (Å²) in [5.74, 6) is -0.513. The number of H-pyrrole nitrogens is 2. The second-order valence-electron chi connectivity index (χ2n) is 2.37. The van der Waals surface area contributed by atoms with Gasteiger partial charge in [0.2, 0.25) is 0 Å². The van der Waals surface area contributed by atoms with Gasteiger partial charge in [-0.1, -0.05) is 0 Å². The van der Waals surface area contributed by atoms with Gasteiger partial charge >= 0.3 is 11.7 Å². The fourth-order valence-corrected chi connectivity index (χ4v) is 0.842. The molecule has 1 aromatic heterocycles. The first-order valence-electron chi connectivity index (χ1n) is 3.51. The highest BCUT2D eigenvalue weighted by atomic mass is 16.5. The third-order valence-electron chi connectivity index (χ3n) is 1.38. The quantitative estimate of drug-likeness (QED) is 0.563. The summed E-state index contributed by atoms with van der Waals surface area (Å²) >= 11 is 0. The van der Waals surface area contributed by atoms with Crippen LogP contribution in [0.1, 0.15) is 5.69 Å². The first kappa shape index (κ1) is 9.24. The molecule has 0 amide bonds. The summed E-state index contributed by atoms with van der Waals surface area (Å²) in [6, 6.07) is 1.14. The molecule has 0 saturated carbocycles. The van der Waals surface area contributed by atoms with Gasteiger partial charge in [0, 0.05) is 11.8 Å². The number of hydrogen-bond donors (Lipinski definition) is 2. The van der Waals surface area contributed by atoms with Gasteiger partial charge in [0.1, 0.15) is 0 Å². The maximum atomic E-state index is 10.8. The van der Waals surface area contributed by atoms with Crippen molar-refractivity contribution in [2.45, 2.75) is 6.42 Å². The summed E-state index contributed by atoms with van der Waals surface area (Å²) < 4.78 is 4.36. The average molecular weight is 184 g/mol. The smallest absolute Gasteiger partial charge is 0.325 e. The van der Waals surface area contributed by atoms with Crippen LogP contribution < -0.4 is 11.2 Å². The van der Waals surface area contributed by atoms with Crippen LogP contribution in [0.25, 0.3) is 0 Å². The Balaban J connectivity index is 2.96. The monoisotopic (exact) mass is 184 g/mol. The molecule has 0 bridgehead atoms. The second-order valence-corrected chi connectivity index (χ2v) is 2.37. The normalized spacial score (nSPS) is 9.62. The Labute approximate surface area is 72.6 Å². The number of ether oxygens (including phenoxy) is 1. The van der Waals surface area contributed by atoms with E-state index in [1.54, 1.807) is 0 Å². The van der Waals surface area contributed by atoms with Crippen LogP contribution in [0.3, 0.4) is 0 Å². The molecule has 0 aliphatic carbocycles. The Morgan fingerprint density at radius 3 is 2.69 bits per heavy atom. The van der Waals surface area contributed by atoms with E-state index >= 15 is 0 Å². The molecule has 2 N–H and O–H groups in total. The number of carbonyl (C=O) groups is 1. The van der Waals surface area contributed by atoms with Crippen molar-refractivity contribution in [2.75, 3.05) is 7.11 Å². The maximum Gasteiger partial charge on any atom is 0.325 e. The lowest BCUT2D eigenvalue weighted by molar-refractivity contribution is -0.139. The van der Waals surface area contributed by atoms with Crippen molar-refractivity contribution in [3.8, 4) is 0 Å². The predicted octanol–water partition coefficient (Wildman–Crippen LogP) is -1.22. The zero-order valence-corrected chi connectivity index (χ0v) is 6.92. The standard InChI is InChI=1S/C7H8N2O4/c1-13-6(11)3-4-2-5(10)9-7(12)8-4/h2H,3H2,1H3,(H2,8,9,10,12). The number of methoxy groups -OCH3 is 1. The summed E-state index contributed by atoms with van der Waals surface area (Å²) in [4.78, 5) is 36.5. The molecule has 0 fully saturated rings. The van der Waals surface area contributed by atoms with Crippen molar-refractivity contribution in [2.24, 2.45) is 0 Å². The number of aromatic nitrogens is 2. The van der Waals surface area contributed by atoms with Crippen molar-refractivity contribution in [1.29, 1.82) is 0 Å². The summed E-state index contributed by atoms with van der Waals surface area (Å²) in [5, 5.41) is 0. The van der Waals surface area contributed by atoms with E-state index in [1.165, 1.54) is 7.11 Å². The molecule has 1 aromatic rings. The van der Waals surface area contributed by atoms with Gasteiger partial charge in [0.15, 0.2) is 0 Å². The van der Waals surface area contributed by atoms with Gasteiger partial charge in [0.25, 0.3) is 5.56 Å². The van der Waals surface area contributed by atoms with Gasteiger partial charge in [-0.2, -0.15) is 0 Å². The fourth-order valence-electron chi connectivity index (χ4n) is 0.842. The van der Waals surface area contributed by atoms with E-state index in [1.807, 2.05) is 4.98 Å². The maximum absolute atomic E-state index is 10.8. The molecule has 0 aliphatic rings. The third kappa shape index (κ3) is 2.58. The second kappa shape index (κ2) is 3.70. The Kier molecular flexibility index (Phi) is 2.63. The Hall–Kier alpha value is -1.85. The predicted molar refractivity (Wildman–Crippen MR) is 43.4 cm³/mol. The minimum Gasteiger partial charge on any atom is -0.469 e. The van der Waals surface area contributed by atoms with Crippen LogP contribution >= 0.6 is 0 Å². The van der Waals surface area contributed by atoms with E-state index < -0.39 is 17.2 Å². The van der Waals surface area contributed by atoms with E-state index in [0.29, 0.717) is 0 Å². The number of nitrogens with one attached hydrogen (secondary N) is 2. The third-order valence-corrected chi connectivity index (χ3v) is 1.38. The molecule has 0 saturated heterocycles. The van der Waals surface area contributed by atoms with Gasteiger partial charge in [-0.15, -0.1) is 0 Å². The molecular formula is C7H8N2O4. The zero-order valence-electron chi connectivity index (χ0n) is 6.92. The van der Waals surface area contributed by atoms with Gasteiger partial charge in [-0.25, -0.2) is 4.79 Å². The van der Waals surface area contributed by atoms with Crippen molar-refractivity contribution < 1.29 is 9.53 Å². The first-order chi connectivity index (χ1) is 6.11. The topological polar surface area (TPSA) is 92.0 Å². The fraction of sp³-hybridized carbons (Fsp3) is 0.286. The van der Waals surface area contributed by atoms with Crippen molar-refractivity contribution in [1.82, 2.24) is 9.97 Å². The molecule has 0 unspecified atom stereocenters. The van der Waals surface area contributed by atoms with Gasteiger partial charge < -0.3 is 9.72 Å². The zero-order chi connectivity index (χ0) is 9.84. The van der Waals surface area contributed by atoms with E-state index in [9.17, 15) is 14.4 Å². The molecule has 1 rings (SSSR count). The number of hydrogen-bond acceptors (Lipinski definition) is 4. The largest absolute Gasteiger partial charge is 0.469 e. The number of carbonyl (C=O) groups excluding carboxylic acids is 1. The molecule has 70 valence electrons. The molecule has 0 aromatic carbocycles. The minimum atomic E-state index is -0.633. The van der Waals surface area contributed by atoms with Crippen LogP contribution in [0.15, 0.2) is 15.7 Å². The molecule has 0 radical (unpaired) electrons. The highest BCUT2D eigenvalue weighted by Crippen LogP contribution is 1.89. The average Bonchev–Trinajstić information content (AvgIpc) is 2.02. The van der Waals surface area contributed by atoms with Crippen molar-refractivity contribution >= 4 is 5.97 Å². The van der Waals surface area contributed by atoms with E-state index in [2.05, 4.69) is 9.72 Å². The van der Waals surface area contributed by atoms with E-state index in [0.717, 1.165) is 6.07 Å². The van der Waals surface area contributed by atoms with Crippen molar-refractivity contribution in [3.63, 3.8) is 0 Å². The summed E-state index contributed by atoms with van der Waals surface area (Å²) in [5.41, 5.74) is -0.936. The number of esters is 1. The summed E-state index contributed by atoms with van der Waals surface area (Å²) in [7, 11) is 1.23. The van der Waals surface area contributed by atoms with E-state index in [4.69, 9.17) is 0 Å². The van der Waals surface area contributed by atoms with Crippen LogP contribution in [0.5, 0.6) is 0 Å². The molecule has 0 atom stereocenters. The molecule has 13 heavy (non-hydrogen) atoms. The first-order valence-corrected chi connectivity index (χ1v) is 3.51. The van der Waals surface area contributed by atoms with Crippen molar-refractivity contribution in [3.05, 3.63) is 32.6 Å². The lowest BCUT2D eigenvalue weighted by Gasteiger charge is -1.97. The Morgan fingerprint density at radius 2 is 2.15 bits per heavy atom. The van der Waals surface area contributed by atoms with E-state index in [-0.39, 0.29) is 12.1 Å². The van der Waals surface area contributed by atoms with Crippen LogP contribution in [0.4, 0.5) is 0 Å². The number of rotatable bonds is 2. The Morgan fingerprint density at radius 1 is 1.46 bits per heavy atom. The van der Waals surface area contributed by atoms with Crippen LogP contribution in [0.2, 0.25) is 0 Å². The molecule has 0 aliphatic heterocycles. The van der Waals surface area contributed by atoms with Gasteiger partial charge in [-0.3, -0.25) is 14.6 Å². The molecule has 1 heterocycles. The molecule has 0 spiro atoms. The summed E-state index contributed by atoms with van der Waals surface area (Å²) in [6.45, 7) is 0. The Bertz CT molecular complexity index is 389. The SMILES string of the molecule is COC(=O)Cc1cc(=O)[nH]c(=O)[nH]1. The van der Waals surface area contributed by atoms with Crippen LogP contribution in [0, 0.1) is 0 Å². The highest BCUT2D eigenvalue weighted by Gasteiger charge is 2.03. The van der Waals surface area contributed by atoms with Crippen LogP contribution in [-0.2, 0) is 16.0 Å². The van der Waals surface area contributed by atoms with Gasteiger partial charge in [0.05, 0.1) is 13.5 Å². The summed E-state index contributed by atoms with van der Waals surface area (Å²) in [6.07, 6.45) is -0.115. The highest BCUT2D eigenvalue weighted by molar-refractivity contribution is 5.71. The molecule has 6 heteroatoms. The lowest BCUT2D eigenvalue weighted by Crippen LogP contribution is -2.24. The lowest BCUT2D eigenvalue weighted by atomic mass is 10.3.